The van der Waals surface area contributed by atoms with E-state index in [0.717, 1.165) is 0 Å². The number of nitrogens with two attached hydrogens (primary N) is 1. The lowest BCUT2D eigenvalue weighted by Crippen LogP contribution is -2.31. The minimum absolute atomic E-state index is 0.0703. The van der Waals surface area contributed by atoms with Gasteiger partial charge >= 0.3 is 6.61 Å². The van der Waals surface area contributed by atoms with Gasteiger partial charge in [0.2, 0.25) is 0 Å². The van der Waals surface area contributed by atoms with Gasteiger partial charge in [0.25, 0.3) is 0 Å². The van der Waals surface area contributed by atoms with E-state index in [9.17, 15) is 8.78 Å². The highest BCUT2D eigenvalue weighted by molar-refractivity contribution is 5.41. The molecule has 1 rings (SSSR count). The van der Waals surface area contributed by atoms with Gasteiger partial charge in [0.1, 0.15) is 11.3 Å². The van der Waals surface area contributed by atoms with Crippen molar-refractivity contribution in [3.8, 4) is 11.8 Å². The molecule has 0 saturated carbocycles. The average Bonchev–Trinajstić information content (AvgIpc) is 2.17. The predicted octanol–water partition coefficient (Wildman–Crippen LogP) is 1.99. The summed E-state index contributed by atoms with van der Waals surface area (Å²) in [6, 6.07) is 7.81. The van der Waals surface area contributed by atoms with Crippen LogP contribution in [-0.2, 0) is 5.54 Å². The number of nitriles is 1. The maximum absolute atomic E-state index is 12.0. The zero-order valence-corrected chi connectivity index (χ0v) is 8.08. The van der Waals surface area contributed by atoms with E-state index in [0.29, 0.717) is 0 Å². The predicted molar refractivity (Wildman–Crippen MR) is 50.2 cm³/mol. The summed E-state index contributed by atoms with van der Waals surface area (Å²) in [5.74, 6) is -0.0703. The fraction of sp³-hybridized carbons (Fsp3) is 0.300. The van der Waals surface area contributed by atoms with Crippen LogP contribution in [0.25, 0.3) is 0 Å². The van der Waals surface area contributed by atoms with Crippen molar-refractivity contribution in [3.63, 3.8) is 0 Å². The Bertz CT molecular complexity index is 385. The average molecular weight is 212 g/mol. The van der Waals surface area contributed by atoms with E-state index >= 15 is 0 Å². The highest BCUT2D eigenvalue weighted by Gasteiger charge is 2.25. The Balaban J connectivity index is 3.13. The monoisotopic (exact) mass is 212 g/mol. The first-order valence-electron chi connectivity index (χ1n) is 4.22. The van der Waals surface area contributed by atoms with Crippen LogP contribution in [0.3, 0.4) is 0 Å². The second kappa shape index (κ2) is 4.24. The molecule has 0 aliphatic rings. The van der Waals surface area contributed by atoms with Gasteiger partial charge in [-0.1, -0.05) is 18.2 Å². The minimum atomic E-state index is -2.93. The number of alkyl halides is 2. The Labute approximate surface area is 86.1 Å². The summed E-state index contributed by atoms with van der Waals surface area (Å²) in [4.78, 5) is 0. The Morgan fingerprint density at radius 2 is 2.07 bits per heavy atom. The van der Waals surface area contributed by atoms with Crippen LogP contribution in [-0.4, -0.2) is 6.61 Å². The van der Waals surface area contributed by atoms with E-state index in [1.807, 2.05) is 6.07 Å². The summed E-state index contributed by atoms with van der Waals surface area (Å²) in [5, 5.41) is 8.79. The number of para-hydroxylation sites is 1. The molecule has 15 heavy (non-hydrogen) atoms. The topological polar surface area (TPSA) is 59.0 Å². The molecule has 0 aliphatic carbocycles. The van der Waals surface area contributed by atoms with E-state index in [-0.39, 0.29) is 11.3 Å². The van der Waals surface area contributed by atoms with Gasteiger partial charge in [0.15, 0.2) is 0 Å². The molecule has 1 unspecified atom stereocenters. The van der Waals surface area contributed by atoms with Crippen molar-refractivity contribution in [3.05, 3.63) is 29.8 Å². The fourth-order valence-electron chi connectivity index (χ4n) is 1.15. The number of benzene rings is 1. The largest absolute Gasteiger partial charge is 0.434 e. The molecule has 0 heterocycles. The molecule has 0 aromatic heterocycles. The molecule has 0 radical (unpaired) electrons. The van der Waals surface area contributed by atoms with Crippen LogP contribution in [0.15, 0.2) is 24.3 Å². The lowest BCUT2D eigenvalue weighted by atomic mass is 9.94. The Hall–Kier alpha value is -1.67. The van der Waals surface area contributed by atoms with Gasteiger partial charge < -0.3 is 10.5 Å². The summed E-state index contributed by atoms with van der Waals surface area (Å²) in [7, 11) is 0. The van der Waals surface area contributed by atoms with Gasteiger partial charge in [-0.3, -0.25) is 0 Å². The summed E-state index contributed by atoms with van der Waals surface area (Å²) >= 11 is 0. The van der Waals surface area contributed by atoms with Gasteiger partial charge in [0.05, 0.1) is 6.07 Å². The number of ether oxygens (including phenoxy) is 1. The van der Waals surface area contributed by atoms with Crippen LogP contribution in [0.1, 0.15) is 12.5 Å². The van der Waals surface area contributed by atoms with Crippen molar-refractivity contribution < 1.29 is 13.5 Å². The van der Waals surface area contributed by atoms with Crippen LogP contribution in [0.2, 0.25) is 0 Å². The smallest absolute Gasteiger partial charge is 0.387 e. The summed E-state index contributed by atoms with van der Waals surface area (Å²) in [5.41, 5.74) is 4.53. The lowest BCUT2D eigenvalue weighted by molar-refractivity contribution is -0.0507. The molecule has 0 amide bonds. The molecule has 0 spiro atoms. The number of halogens is 2. The first-order chi connectivity index (χ1) is 6.97. The zero-order valence-electron chi connectivity index (χ0n) is 8.08. The van der Waals surface area contributed by atoms with E-state index < -0.39 is 12.2 Å². The lowest BCUT2D eigenvalue weighted by Gasteiger charge is -2.19. The van der Waals surface area contributed by atoms with Gasteiger partial charge in [0, 0.05) is 5.56 Å². The first kappa shape index (κ1) is 11.4. The van der Waals surface area contributed by atoms with Crippen molar-refractivity contribution in [2.45, 2.75) is 19.1 Å². The molecule has 1 aromatic rings. The molecule has 2 N–H and O–H groups in total. The third-order valence-electron chi connectivity index (χ3n) is 1.89. The molecule has 0 fully saturated rings. The quantitative estimate of drug-likeness (QED) is 0.833. The van der Waals surface area contributed by atoms with Crippen molar-refractivity contribution in [2.24, 2.45) is 5.73 Å². The summed E-state index contributed by atoms with van der Waals surface area (Å²) < 4.78 is 28.4. The molecular weight excluding hydrogens is 202 g/mol. The van der Waals surface area contributed by atoms with Gasteiger partial charge in [-0.2, -0.15) is 14.0 Å². The van der Waals surface area contributed by atoms with E-state index in [4.69, 9.17) is 11.0 Å². The Morgan fingerprint density at radius 3 is 2.60 bits per heavy atom. The van der Waals surface area contributed by atoms with Crippen LogP contribution >= 0.6 is 0 Å². The second-order valence-corrected chi connectivity index (χ2v) is 3.19. The molecular formula is C10H10F2N2O. The maximum Gasteiger partial charge on any atom is 0.387 e. The second-order valence-electron chi connectivity index (χ2n) is 3.19. The van der Waals surface area contributed by atoms with E-state index in [1.54, 1.807) is 6.07 Å². The highest BCUT2D eigenvalue weighted by Crippen LogP contribution is 2.28. The molecule has 1 atom stereocenters. The standard InChI is InChI=1S/C10H10F2N2O/c1-10(14,6-13)7-4-2-3-5-8(7)15-9(11)12/h2-5,9H,14H2,1H3. The third kappa shape index (κ3) is 2.64. The van der Waals surface area contributed by atoms with Crippen LogP contribution < -0.4 is 10.5 Å². The van der Waals surface area contributed by atoms with Crippen LogP contribution in [0.4, 0.5) is 8.78 Å². The molecule has 5 heteroatoms. The highest BCUT2D eigenvalue weighted by atomic mass is 19.3. The van der Waals surface area contributed by atoms with Gasteiger partial charge in [-0.05, 0) is 13.0 Å². The maximum atomic E-state index is 12.0. The Kier molecular flexibility index (Phi) is 3.22. The van der Waals surface area contributed by atoms with Crippen LogP contribution in [0, 0.1) is 11.3 Å². The molecule has 3 nitrogen and oxygen atoms in total. The van der Waals surface area contributed by atoms with Gasteiger partial charge in [-0.15, -0.1) is 0 Å². The van der Waals surface area contributed by atoms with Gasteiger partial charge in [-0.25, -0.2) is 0 Å². The molecule has 0 saturated heterocycles. The van der Waals surface area contributed by atoms with Crippen molar-refractivity contribution >= 4 is 0 Å². The van der Waals surface area contributed by atoms with Crippen LogP contribution in [0.5, 0.6) is 5.75 Å². The SMILES string of the molecule is CC(N)(C#N)c1ccccc1OC(F)F. The molecule has 0 aliphatic heterocycles. The first-order valence-corrected chi connectivity index (χ1v) is 4.22. The van der Waals surface area contributed by atoms with Crippen molar-refractivity contribution in [2.75, 3.05) is 0 Å². The molecule has 1 aromatic carbocycles. The number of hydrogen-bond acceptors (Lipinski definition) is 3. The number of hydrogen-bond donors (Lipinski definition) is 1. The van der Waals surface area contributed by atoms with E-state index in [2.05, 4.69) is 4.74 Å². The number of rotatable bonds is 3. The fourth-order valence-corrected chi connectivity index (χ4v) is 1.15. The summed E-state index contributed by atoms with van der Waals surface area (Å²) in [6.45, 7) is -1.50. The molecule has 80 valence electrons. The molecule has 0 bridgehead atoms. The number of nitrogens with zero attached hydrogens (tertiary/aromatic N) is 1. The zero-order chi connectivity index (χ0) is 11.5. The summed E-state index contributed by atoms with van der Waals surface area (Å²) in [6.07, 6.45) is 0. The van der Waals surface area contributed by atoms with Crippen molar-refractivity contribution in [1.29, 1.82) is 5.26 Å². The normalized spacial score (nSPS) is 14.4. The van der Waals surface area contributed by atoms with Crippen molar-refractivity contribution in [1.82, 2.24) is 0 Å². The minimum Gasteiger partial charge on any atom is -0.434 e. The third-order valence-corrected chi connectivity index (χ3v) is 1.89. The Morgan fingerprint density at radius 1 is 1.47 bits per heavy atom. The van der Waals surface area contributed by atoms with E-state index in [1.165, 1.54) is 25.1 Å².